The third-order valence-electron chi connectivity index (χ3n) is 2.94. The molecule has 2 rings (SSSR count). The fourth-order valence-corrected chi connectivity index (χ4v) is 2.95. The van der Waals surface area contributed by atoms with Crippen LogP contribution in [0.1, 0.15) is 47.2 Å². The van der Waals surface area contributed by atoms with Crippen LogP contribution in [0.5, 0.6) is 0 Å². The molecule has 0 unspecified atom stereocenters. The molecular weight excluding hydrogens is 194 g/mol. The van der Waals surface area contributed by atoms with Gasteiger partial charge in [-0.2, -0.15) is 0 Å². The van der Waals surface area contributed by atoms with Gasteiger partial charge in [-0.1, -0.05) is 0 Å². The summed E-state index contributed by atoms with van der Waals surface area (Å²) < 4.78 is 0. The van der Waals surface area contributed by atoms with Crippen LogP contribution in [0, 0.1) is 13.8 Å². The standard InChI is InChI=1S/C11H15NOS/c1-7-8(2)14-11(12-7)9-3-5-10(13)6-4-9/h9H,3-6H2,1-2H3. The first kappa shape index (κ1) is 9.84. The minimum Gasteiger partial charge on any atom is -0.300 e. The van der Waals surface area contributed by atoms with Crippen LogP contribution in [0.15, 0.2) is 0 Å². The van der Waals surface area contributed by atoms with Gasteiger partial charge in [-0.25, -0.2) is 4.98 Å². The quantitative estimate of drug-likeness (QED) is 0.711. The summed E-state index contributed by atoms with van der Waals surface area (Å²) in [5.41, 5.74) is 1.15. The van der Waals surface area contributed by atoms with E-state index in [9.17, 15) is 4.79 Å². The van der Waals surface area contributed by atoms with Crippen LogP contribution in [0.4, 0.5) is 0 Å². The minimum absolute atomic E-state index is 0.422. The number of carbonyl (C=O) groups excluding carboxylic acids is 1. The summed E-state index contributed by atoms with van der Waals surface area (Å²) in [5.74, 6) is 0.969. The van der Waals surface area contributed by atoms with E-state index in [4.69, 9.17) is 0 Å². The number of ketones is 1. The molecule has 0 aliphatic heterocycles. The lowest BCUT2D eigenvalue weighted by atomic mass is 9.89. The zero-order chi connectivity index (χ0) is 10.1. The number of carbonyl (C=O) groups is 1. The first-order chi connectivity index (χ1) is 6.66. The van der Waals surface area contributed by atoms with Crippen molar-refractivity contribution in [2.45, 2.75) is 45.4 Å². The highest BCUT2D eigenvalue weighted by Crippen LogP contribution is 2.34. The molecule has 76 valence electrons. The van der Waals surface area contributed by atoms with E-state index < -0.39 is 0 Å². The van der Waals surface area contributed by atoms with Gasteiger partial charge < -0.3 is 0 Å². The zero-order valence-electron chi connectivity index (χ0n) is 8.67. The molecule has 1 aromatic rings. The van der Waals surface area contributed by atoms with Crippen LogP contribution in [0.2, 0.25) is 0 Å². The van der Waals surface area contributed by atoms with E-state index in [0.717, 1.165) is 31.4 Å². The van der Waals surface area contributed by atoms with E-state index in [1.54, 1.807) is 11.3 Å². The molecule has 0 spiro atoms. The van der Waals surface area contributed by atoms with Gasteiger partial charge in [0.05, 0.1) is 10.7 Å². The normalized spacial score (nSPS) is 18.9. The number of aryl methyl sites for hydroxylation is 2. The molecule has 0 amide bonds. The second kappa shape index (κ2) is 3.81. The molecule has 1 aliphatic rings. The van der Waals surface area contributed by atoms with Crippen molar-refractivity contribution in [3.05, 3.63) is 15.6 Å². The van der Waals surface area contributed by atoms with Gasteiger partial charge in [0.15, 0.2) is 0 Å². The van der Waals surface area contributed by atoms with E-state index in [2.05, 4.69) is 18.8 Å². The van der Waals surface area contributed by atoms with Crippen LogP contribution in [0.25, 0.3) is 0 Å². The highest BCUT2D eigenvalue weighted by Gasteiger charge is 2.22. The maximum absolute atomic E-state index is 11.1. The lowest BCUT2D eigenvalue weighted by Crippen LogP contribution is -2.12. The van der Waals surface area contributed by atoms with Crippen molar-refractivity contribution in [2.24, 2.45) is 0 Å². The monoisotopic (exact) mass is 209 g/mol. The number of nitrogens with zero attached hydrogens (tertiary/aromatic N) is 1. The summed E-state index contributed by atoms with van der Waals surface area (Å²) >= 11 is 1.80. The Bertz CT molecular complexity index is 327. The molecule has 2 nitrogen and oxygen atoms in total. The molecule has 0 aromatic carbocycles. The lowest BCUT2D eigenvalue weighted by molar-refractivity contribution is -0.120. The van der Waals surface area contributed by atoms with Crippen LogP contribution in [-0.2, 0) is 4.79 Å². The van der Waals surface area contributed by atoms with E-state index in [1.807, 2.05) is 0 Å². The first-order valence-corrected chi connectivity index (χ1v) is 5.94. The zero-order valence-corrected chi connectivity index (χ0v) is 9.49. The molecule has 0 saturated heterocycles. The minimum atomic E-state index is 0.422. The predicted octanol–water partition coefficient (Wildman–Crippen LogP) is 2.99. The van der Waals surface area contributed by atoms with E-state index >= 15 is 0 Å². The molecule has 1 aromatic heterocycles. The topological polar surface area (TPSA) is 30.0 Å². The Balaban J connectivity index is 2.12. The fraction of sp³-hybridized carbons (Fsp3) is 0.636. The van der Waals surface area contributed by atoms with E-state index in [0.29, 0.717) is 11.7 Å². The van der Waals surface area contributed by atoms with Gasteiger partial charge in [0, 0.05) is 23.6 Å². The Morgan fingerprint density at radius 1 is 1.29 bits per heavy atom. The third-order valence-corrected chi connectivity index (χ3v) is 4.17. The molecule has 1 saturated carbocycles. The molecule has 0 N–H and O–H groups in total. The van der Waals surface area contributed by atoms with Crippen molar-refractivity contribution in [2.75, 3.05) is 0 Å². The fourth-order valence-electron chi connectivity index (χ4n) is 1.86. The van der Waals surface area contributed by atoms with Crippen LogP contribution in [0.3, 0.4) is 0 Å². The van der Waals surface area contributed by atoms with Crippen LogP contribution < -0.4 is 0 Å². The molecule has 0 radical (unpaired) electrons. The first-order valence-electron chi connectivity index (χ1n) is 5.12. The smallest absolute Gasteiger partial charge is 0.132 e. The number of rotatable bonds is 1. The van der Waals surface area contributed by atoms with Crippen molar-refractivity contribution in [1.82, 2.24) is 4.98 Å². The molecule has 1 fully saturated rings. The summed E-state index contributed by atoms with van der Waals surface area (Å²) in [6.07, 6.45) is 3.52. The summed E-state index contributed by atoms with van der Waals surface area (Å²) in [6, 6.07) is 0. The Hall–Kier alpha value is -0.700. The Morgan fingerprint density at radius 3 is 2.43 bits per heavy atom. The number of Topliss-reactive ketones (excluding diaryl/α,β-unsaturated/α-hetero) is 1. The van der Waals surface area contributed by atoms with Gasteiger partial charge in [0.25, 0.3) is 0 Å². The van der Waals surface area contributed by atoms with Crippen LogP contribution >= 0.6 is 11.3 Å². The SMILES string of the molecule is Cc1nc(C2CCC(=O)CC2)sc1C. The van der Waals surface area contributed by atoms with E-state index in [1.165, 1.54) is 9.88 Å². The number of hydrogen-bond acceptors (Lipinski definition) is 3. The highest BCUT2D eigenvalue weighted by molar-refractivity contribution is 7.11. The predicted molar refractivity (Wildman–Crippen MR) is 57.8 cm³/mol. The Kier molecular flexibility index (Phi) is 2.68. The van der Waals surface area contributed by atoms with Crippen molar-refractivity contribution in [3.63, 3.8) is 0 Å². The molecule has 0 atom stereocenters. The largest absolute Gasteiger partial charge is 0.300 e. The van der Waals surface area contributed by atoms with Crippen molar-refractivity contribution < 1.29 is 4.79 Å². The third kappa shape index (κ3) is 1.87. The number of hydrogen-bond donors (Lipinski definition) is 0. The van der Waals surface area contributed by atoms with Gasteiger partial charge in [-0.05, 0) is 26.7 Å². The Morgan fingerprint density at radius 2 is 1.93 bits per heavy atom. The van der Waals surface area contributed by atoms with E-state index in [-0.39, 0.29) is 0 Å². The second-order valence-electron chi connectivity index (χ2n) is 4.01. The number of thiazole rings is 1. The summed E-state index contributed by atoms with van der Waals surface area (Å²) in [4.78, 5) is 17.0. The van der Waals surface area contributed by atoms with Gasteiger partial charge >= 0.3 is 0 Å². The second-order valence-corrected chi connectivity index (χ2v) is 5.24. The van der Waals surface area contributed by atoms with Gasteiger partial charge in [0.1, 0.15) is 5.78 Å². The van der Waals surface area contributed by atoms with Crippen molar-refractivity contribution in [3.8, 4) is 0 Å². The summed E-state index contributed by atoms with van der Waals surface area (Å²) in [7, 11) is 0. The maximum Gasteiger partial charge on any atom is 0.132 e. The van der Waals surface area contributed by atoms with Crippen molar-refractivity contribution in [1.29, 1.82) is 0 Å². The van der Waals surface area contributed by atoms with Gasteiger partial charge in [-0.15, -0.1) is 11.3 Å². The average Bonchev–Trinajstić information content (AvgIpc) is 2.48. The molecule has 1 heterocycles. The molecule has 0 bridgehead atoms. The average molecular weight is 209 g/mol. The maximum atomic E-state index is 11.1. The number of aromatic nitrogens is 1. The van der Waals surface area contributed by atoms with Crippen molar-refractivity contribution >= 4 is 17.1 Å². The van der Waals surface area contributed by atoms with Gasteiger partial charge in [-0.3, -0.25) is 4.79 Å². The molecular formula is C11H15NOS. The summed E-state index contributed by atoms with van der Waals surface area (Å²) in [6.45, 7) is 4.17. The molecule has 3 heteroatoms. The Labute approximate surface area is 88.4 Å². The summed E-state index contributed by atoms with van der Waals surface area (Å²) in [5, 5.41) is 1.24. The van der Waals surface area contributed by atoms with Gasteiger partial charge in [0.2, 0.25) is 0 Å². The molecule has 1 aliphatic carbocycles. The lowest BCUT2D eigenvalue weighted by Gasteiger charge is -2.18. The highest BCUT2D eigenvalue weighted by atomic mass is 32.1. The molecule has 14 heavy (non-hydrogen) atoms. The van der Waals surface area contributed by atoms with Crippen LogP contribution in [-0.4, -0.2) is 10.8 Å².